The molecule has 1 amide bonds. The monoisotopic (exact) mass is 497 g/mol. The van der Waals surface area contributed by atoms with Crippen LogP contribution in [0.3, 0.4) is 0 Å². The summed E-state index contributed by atoms with van der Waals surface area (Å²) in [6.07, 6.45) is 0. The van der Waals surface area contributed by atoms with Crippen LogP contribution in [0.5, 0.6) is 11.5 Å². The number of carbonyl (C=O) groups excluding carboxylic acids is 1. The molecule has 0 aliphatic carbocycles. The Labute approximate surface area is 197 Å². The highest BCUT2D eigenvalue weighted by atomic mass is 35.5. The number of methoxy groups -OCH3 is 2. The van der Waals surface area contributed by atoms with Gasteiger partial charge in [-0.25, -0.2) is 4.98 Å². The van der Waals surface area contributed by atoms with Gasteiger partial charge in [0.05, 0.1) is 35.4 Å². The van der Waals surface area contributed by atoms with Crippen LogP contribution in [0.25, 0.3) is 11.3 Å². The molecule has 2 aromatic carbocycles. The largest absolute Gasteiger partial charge is 0.493 e. The Balaban J connectivity index is 1.88. The van der Waals surface area contributed by atoms with Crippen LogP contribution < -0.4 is 14.8 Å². The molecule has 0 spiro atoms. The first-order chi connectivity index (χ1) is 15.3. The summed E-state index contributed by atoms with van der Waals surface area (Å²) >= 11 is 13.4. The summed E-state index contributed by atoms with van der Waals surface area (Å²) in [7, 11) is 2.87. The molecule has 1 aromatic heterocycles. The lowest BCUT2D eigenvalue weighted by atomic mass is 10.1. The average molecular weight is 498 g/mol. The predicted molar refractivity (Wildman–Crippen MR) is 123 cm³/mol. The third-order valence-corrected chi connectivity index (χ3v) is 5.52. The molecule has 9 nitrogen and oxygen atoms in total. The van der Waals surface area contributed by atoms with Gasteiger partial charge in [0.25, 0.3) is 11.6 Å². The van der Waals surface area contributed by atoms with Gasteiger partial charge in [0, 0.05) is 29.1 Å². The number of benzene rings is 2. The molecule has 3 rings (SSSR count). The summed E-state index contributed by atoms with van der Waals surface area (Å²) < 4.78 is 15.6. The second kappa shape index (κ2) is 10.6. The van der Waals surface area contributed by atoms with Crippen molar-refractivity contribution in [1.29, 1.82) is 0 Å². The van der Waals surface area contributed by atoms with Crippen molar-refractivity contribution in [3.05, 3.63) is 61.4 Å². The first-order valence-electron chi connectivity index (χ1n) is 9.04. The van der Waals surface area contributed by atoms with Gasteiger partial charge in [0.2, 0.25) is 0 Å². The number of anilines is 1. The molecular weight excluding hydrogens is 481 g/mol. The van der Waals surface area contributed by atoms with E-state index in [0.29, 0.717) is 21.3 Å². The maximum absolute atomic E-state index is 12.8. The number of nitrogens with one attached hydrogen (secondary N) is 1. The standard InChI is InChI=1S/C20H17Cl2N3O6S/c1-29-5-6-31-18-9-16(25(27)28)13(8-17(18)30-2)19(26)24-20-23-15(10-32-20)12-7-11(21)3-4-14(12)22/h3-4,7-10H,5-6H2,1-2H3,(H,23,24,26). The Morgan fingerprint density at radius 3 is 2.66 bits per heavy atom. The molecule has 0 fully saturated rings. The quantitative estimate of drug-likeness (QED) is 0.242. The van der Waals surface area contributed by atoms with Crippen molar-refractivity contribution in [2.45, 2.75) is 0 Å². The van der Waals surface area contributed by atoms with Crippen LogP contribution in [0.4, 0.5) is 10.8 Å². The number of nitrogens with zero attached hydrogens (tertiary/aromatic N) is 2. The molecule has 0 saturated carbocycles. The molecule has 0 unspecified atom stereocenters. The Morgan fingerprint density at radius 2 is 1.97 bits per heavy atom. The van der Waals surface area contributed by atoms with Crippen LogP contribution in [-0.4, -0.2) is 43.2 Å². The summed E-state index contributed by atoms with van der Waals surface area (Å²) in [5, 5.41) is 17.0. The lowest BCUT2D eigenvalue weighted by Crippen LogP contribution is -2.15. The molecule has 0 aliphatic rings. The number of ether oxygens (including phenoxy) is 3. The highest BCUT2D eigenvalue weighted by molar-refractivity contribution is 7.14. The van der Waals surface area contributed by atoms with Gasteiger partial charge in [-0.05, 0) is 18.2 Å². The van der Waals surface area contributed by atoms with Crippen molar-refractivity contribution < 1.29 is 23.9 Å². The van der Waals surface area contributed by atoms with Gasteiger partial charge < -0.3 is 14.2 Å². The minimum atomic E-state index is -0.725. The topological polar surface area (TPSA) is 113 Å². The van der Waals surface area contributed by atoms with Gasteiger partial charge in [-0.3, -0.25) is 20.2 Å². The molecule has 0 saturated heterocycles. The molecule has 0 radical (unpaired) electrons. The normalized spacial score (nSPS) is 10.6. The van der Waals surface area contributed by atoms with E-state index >= 15 is 0 Å². The highest BCUT2D eigenvalue weighted by Gasteiger charge is 2.25. The molecule has 3 aromatic rings. The van der Waals surface area contributed by atoms with E-state index in [9.17, 15) is 14.9 Å². The van der Waals surface area contributed by atoms with Crippen LogP contribution in [0.1, 0.15) is 10.4 Å². The molecule has 12 heteroatoms. The minimum Gasteiger partial charge on any atom is -0.493 e. The fraction of sp³-hybridized carbons (Fsp3) is 0.200. The van der Waals surface area contributed by atoms with Crippen molar-refractivity contribution in [3.8, 4) is 22.8 Å². The number of hydrogen-bond donors (Lipinski definition) is 1. The fourth-order valence-corrected chi connectivity index (χ4v) is 3.79. The van der Waals surface area contributed by atoms with E-state index in [-0.39, 0.29) is 35.4 Å². The molecule has 1 heterocycles. The second-order valence-electron chi connectivity index (χ2n) is 6.23. The number of aromatic nitrogens is 1. The highest BCUT2D eigenvalue weighted by Crippen LogP contribution is 2.36. The van der Waals surface area contributed by atoms with Gasteiger partial charge in [0.1, 0.15) is 12.2 Å². The molecule has 1 N–H and O–H groups in total. The van der Waals surface area contributed by atoms with Gasteiger partial charge >= 0.3 is 0 Å². The Hall–Kier alpha value is -2.92. The van der Waals surface area contributed by atoms with Crippen LogP contribution in [0.2, 0.25) is 10.0 Å². The van der Waals surface area contributed by atoms with E-state index in [2.05, 4.69) is 10.3 Å². The summed E-state index contributed by atoms with van der Waals surface area (Å²) in [6.45, 7) is 0.436. The van der Waals surface area contributed by atoms with Crippen molar-refractivity contribution in [2.75, 3.05) is 32.8 Å². The zero-order chi connectivity index (χ0) is 23.3. The average Bonchev–Trinajstić information content (AvgIpc) is 3.23. The number of thiazole rings is 1. The zero-order valence-electron chi connectivity index (χ0n) is 16.9. The zero-order valence-corrected chi connectivity index (χ0v) is 19.2. The van der Waals surface area contributed by atoms with Gasteiger partial charge in [-0.2, -0.15) is 0 Å². The Bertz CT molecular complexity index is 1150. The van der Waals surface area contributed by atoms with Crippen LogP contribution in [-0.2, 0) is 4.74 Å². The lowest BCUT2D eigenvalue weighted by molar-refractivity contribution is -0.385. The first kappa shape index (κ1) is 23.7. The Morgan fingerprint density at radius 1 is 1.19 bits per heavy atom. The Kier molecular flexibility index (Phi) is 7.86. The fourth-order valence-electron chi connectivity index (χ4n) is 2.70. The first-order valence-corrected chi connectivity index (χ1v) is 10.7. The SMILES string of the molecule is COCCOc1cc([N+](=O)[O-])c(C(=O)Nc2nc(-c3cc(Cl)ccc3Cl)cs2)cc1OC. The minimum absolute atomic E-state index is 0.125. The number of nitro benzene ring substituents is 1. The van der Waals surface area contributed by atoms with Crippen molar-refractivity contribution in [1.82, 2.24) is 4.98 Å². The number of amides is 1. The molecule has 32 heavy (non-hydrogen) atoms. The number of carbonyl (C=O) groups is 1. The molecule has 168 valence electrons. The predicted octanol–water partition coefficient (Wildman–Crippen LogP) is 5.31. The van der Waals surface area contributed by atoms with Gasteiger partial charge in [-0.1, -0.05) is 23.2 Å². The van der Waals surface area contributed by atoms with Crippen molar-refractivity contribution >= 4 is 51.3 Å². The summed E-state index contributed by atoms with van der Waals surface area (Å²) in [5.74, 6) is -0.432. The van der Waals surface area contributed by atoms with E-state index in [1.165, 1.54) is 20.3 Å². The van der Waals surface area contributed by atoms with E-state index in [1.54, 1.807) is 23.6 Å². The third-order valence-electron chi connectivity index (χ3n) is 4.20. The van der Waals surface area contributed by atoms with E-state index in [4.69, 9.17) is 37.4 Å². The number of nitro groups is 1. The smallest absolute Gasteiger partial charge is 0.286 e. The lowest BCUT2D eigenvalue weighted by Gasteiger charge is -2.12. The van der Waals surface area contributed by atoms with E-state index in [1.807, 2.05) is 0 Å². The number of hydrogen-bond acceptors (Lipinski definition) is 8. The van der Waals surface area contributed by atoms with Crippen LogP contribution in [0, 0.1) is 10.1 Å². The van der Waals surface area contributed by atoms with Crippen LogP contribution in [0.15, 0.2) is 35.7 Å². The summed E-state index contributed by atoms with van der Waals surface area (Å²) in [5.41, 5.74) is 0.460. The van der Waals surface area contributed by atoms with Gasteiger partial charge in [0.15, 0.2) is 16.6 Å². The number of rotatable bonds is 9. The van der Waals surface area contributed by atoms with Crippen LogP contribution >= 0.6 is 34.5 Å². The molecular formula is C20H17Cl2N3O6S. The molecule has 0 atom stereocenters. The maximum Gasteiger partial charge on any atom is 0.286 e. The van der Waals surface area contributed by atoms with E-state index < -0.39 is 16.5 Å². The summed E-state index contributed by atoms with van der Waals surface area (Å²) in [6, 6.07) is 7.34. The third kappa shape index (κ3) is 5.46. The molecule has 0 bridgehead atoms. The molecule has 0 aliphatic heterocycles. The second-order valence-corrected chi connectivity index (χ2v) is 7.94. The van der Waals surface area contributed by atoms with Crippen molar-refractivity contribution in [2.24, 2.45) is 0 Å². The van der Waals surface area contributed by atoms with Crippen molar-refractivity contribution in [3.63, 3.8) is 0 Å². The number of halogens is 2. The van der Waals surface area contributed by atoms with Gasteiger partial charge in [-0.15, -0.1) is 11.3 Å². The summed E-state index contributed by atoms with van der Waals surface area (Å²) in [4.78, 5) is 28.1. The van der Waals surface area contributed by atoms with E-state index in [0.717, 1.165) is 17.4 Å². The maximum atomic E-state index is 12.8.